The molecule has 2 nitrogen and oxygen atoms in total. The summed E-state index contributed by atoms with van der Waals surface area (Å²) in [4.78, 5) is 0.296. The molecule has 6 heteroatoms. The van der Waals surface area contributed by atoms with Gasteiger partial charge in [0.05, 0.1) is 4.83 Å². The minimum Gasteiger partial charge on any atom is -0.142 e. The molecule has 0 N–H and O–H groups in total. The van der Waals surface area contributed by atoms with Gasteiger partial charge < -0.3 is 0 Å². The van der Waals surface area contributed by atoms with Crippen molar-refractivity contribution in [1.82, 2.24) is 10.2 Å². The largest absolute Gasteiger partial charge is 0.147 e. The predicted octanol–water partition coefficient (Wildman–Crippen LogP) is 5.58. The van der Waals surface area contributed by atoms with Gasteiger partial charge in [-0.3, -0.25) is 0 Å². The third kappa shape index (κ3) is 3.36. The smallest absolute Gasteiger partial charge is 0.142 e. The molecule has 1 aromatic heterocycles. The number of hydrogen-bond donors (Lipinski definition) is 0. The highest BCUT2D eigenvalue weighted by atomic mass is 79.9. The minimum atomic E-state index is 0.296. The van der Waals surface area contributed by atoms with Crippen LogP contribution in [-0.2, 0) is 0 Å². The van der Waals surface area contributed by atoms with E-state index >= 15 is 0 Å². The summed E-state index contributed by atoms with van der Waals surface area (Å²) in [7, 11) is 0. The molecule has 0 saturated heterocycles. The second kappa shape index (κ2) is 5.91. The quantitative estimate of drug-likeness (QED) is 0.582. The van der Waals surface area contributed by atoms with Crippen LogP contribution in [0.4, 0.5) is 0 Å². The van der Waals surface area contributed by atoms with Gasteiger partial charge in [-0.1, -0.05) is 66.1 Å². The molecule has 0 bridgehead atoms. The molecule has 0 aliphatic rings. The van der Waals surface area contributed by atoms with Crippen LogP contribution in [0.25, 0.3) is 10.6 Å². The van der Waals surface area contributed by atoms with Crippen molar-refractivity contribution < 1.29 is 0 Å². The van der Waals surface area contributed by atoms with E-state index in [9.17, 15) is 0 Å². The van der Waals surface area contributed by atoms with Gasteiger partial charge in [0, 0.05) is 14.5 Å². The number of halogens is 3. The normalized spacial score (nSPS) is 12.7. The van der Waals surface area contributed by atoms with Crippen LogP contribution in [0.5, 0.6) is 0 Å². The monoisotopic (exact) mass is 438 g/mol. The maximum absolute atomic E-state index is 4.23. The summed E-state index contributed by atoms with van der Waals surface area (Å²) in [5.74, 6) is 0. The molecule has 0 fully saturated rings. The fraction of sp³-hybridized carbons (Fsp3) is 0.273. The van der Waals surface area contributed by atoms with Crippen LogP contribution in [0.15, 0.2) is 27.1 Å². The number of rotatable bonds is 3. The predicted molar refractivity (Wildman–Crippen MR) is 82.7 cm³/mol. The lowest BCUT2D eigenvalue weighted by Gasteiger charge is -1.99. The van der Waals surface area contributed by atoms with Crippen molar-refractivity contribution >= 4 is 59.1 Å². The Morgan fingerprint density at radius 2 is 1.82 bits per heavy atom. The second-order valence-electron chi connectivity index (χ2n) is 3.48. The van der Waals surface area contributed by atoms with E-state index in [1.54, 1.807) is 11.3 Å². The molecule has 1 unspecified atom stereocenters. The first-order chi connectivity index (χ1) is 8.10. The van der Waals surface area contributed by atoms with Gasteiger partial charge in [-0.15, -0.1) is 10.2 Å². The zero-order valence-electron chi connectivity index (χ0n) is 8.95. The zero-order valence-corrected chi connectivity index (χ0v) is 14.5. The van der Waals surface area contributed by atoms with Crippen LogP contribution in [0.1, 0.15) is 23.2 Å². The highest BCUT2D eigenvalue weighted by Crippen LogP contribution is 2.34. The molecule has 2 rings (SSSR count). The van der Waals surface area contributed by atoms with Gasteiger partial charge in [-0.2, -0.15) is 0 Å². The highest BCUT2D eigenvalue weighted by Gasteiger charge is 2.13. The maximum Gasteiger partial charge on any atom is 0.147 e. The molecule has 1 aromatic carbocycles. The van der Waals surface area contributed by atoms with Crippen LogP contribution < -0.4 is 0 Å². The van der Waals surface area contributed by atoms with Gasteiger partial charge in [-0.05, 0) is 24.6 Å². The Morgan fingerprint density at radius 1 is 1.18 bits per heavy atom. The first kappa shape index (κ1) is 13.6. The highest BCUT2D eigenvalue weighted by molar-refractivity contribution is 9.11. The van der Waals surface area contributed by atoms with E-state index in [0.29, 0.717) is 4.83 Å². The molecule has 2 aromatic rings. The van der Waals surface area contributed by atoms with E-state index < -0.39 is 0 Å². The van der Waals surface area contributed by atoms with Crippen molar-refractivity contribution in [1.29, 1.82) is 0 Å². The molecular weight excluding hydrogens is 432 g/mol. The summed E-state index contributed by atoms with van der Waals surface area (Å²) in [6.45, 7) is 2.12. The molecule has 0 amide bonds. The van der Waals surface area contributed by atoms with Crippen LogP contribution in [-0.4, -0.2) is 10.2 Å². The Bertz CT molecular complexity index is 507. The van der Waals surface area contributed by atoms with E-state index in [0.717, 1.165) is 30.9 Å². The molecule has 0 spiro atoms. The molecule has 0 saturated carbocycles. The summed E-state index contributed by atoms with van der Waals surface area (Å²) >= 11 is 12.2. The lowest BCUT2D eigenvalue weighted by atomic mass is 10.2. The van der Waals surface area contributed by atoms with E-state index in [1.807, 2.05) is 18.2 Å². The fourth-order valence-electron chi connectivity index (χ4n) is 1.33. The van der Waals surface area contributed by atoms with Crippen LogP contribution in [0.2, 0.25) is 0 Å². The first-order valence-corrected chi connectivity index (χ1v) is 8.36. The van der Waals surface area contributed by atoms with E-state index in [1.165, 1.54) is 0 Å². The molecule has 0 aliphatic heterocycles. The molecule has 1 heterocycles. The Hall–Kier alpha value is 0.220. The van der Waals surface area contributed by atoms with Gasteiger partial charge in [0.1, 0.15) is 10.0 Å². The third-order valence-electron chi connectivity index (χ3n) is 2.18. The number of nitrogens with zero attached hydrogens (tertiary/aromatic N) is 2. The average Bonchev–Trinajstić information content (AvgIpc) is 2.76. The van der Waals surface area contributed by atoms with Crippen molar-refractivity contribution in [3.63, 3.8) is 0 Å². The third-order valence-corrected chi connectivity index (χ3v) is 5.56. The lowest BCUT2D eigenvalue weighted by Crippen LogP contribution is -1.84. The standard InChI is InChI=1S/C11H9Br3N2S/c1-2-9(14)11-16-15-10(17-11)6-3-7(12)5-8(13)4-6/h3-5,9H,2H2,1H3. The van der Waals surface area contributed by atoms with E-state index in [2.05, 4.69) is 64.9 Å². The number of aromatic nitrogens is 2. The van der Waals surface area contributed by atoms with Crippen LogP contribution in [0, 0.1) is 0 Å². The summed E-state index contributed by atoms with van der Waals surface area (Å²) in [5, 5.41) is 10.4. The number of hydrogen-bond acceptors (Lipinski definition) is 3. The average molecular weight is 441 g/mol. The van der Waals surface area contributed by atoms with Gasteiger partial charge >= 0.3 is 0 Å². The minimum absolute atomic E-state index is 0.296. The Kier molecular flexibility index (Phi) is 4.74. The fourth-order valence-corrected chi connectivity index (χ4v) is 3.89. The van der Waals surface area contributed by atoms with E-state index in [4.69, 9.17) is 0 Å². The van der Waals surface area contributed by atoms with Gasteiger partial charge in [0.2, 0.25) is 0 Å². The van der Waals surface area contributed by atoms with Crippen molar-refractivity contribution in [3.05, 3.63) is 32.2 Å². The Labute approximate surface area is 129 Å². The van der Waals surface area contributed by atoms with Crippen LogP contribution >= 0.6 is 59.1 Å². The lowest BCUT2D eigenvalue weighted by molar-refractivity contribution is 0.870. The zero-order chi connectivity index (χ0) is 12.4. The topological polar surface area (TPSA) is 25.8 Å². The second-order valence-corrected chi connectivity index (χ2v) is 7.43. The Balaban J connectivity index is 2.36. The van der Waals surface area contributed by atoms with Crippen molar-refractivity contribution in [3.8, 4) is 10.6 Å². The molecule has 1 atom stereocenters. The van der Waals surface area contributed by atoms with E-state index in [-0.39, 0.29) is 0 Å². The van der Waals surface area contributed by atoms with Crippen molar-refractivity contribution in [2.24, 2.45) is 0 Å². The van der Waals surface area contributed by atoms with Gasteiger partial charge in [0.25, 0.3) is 0 Å². The molecule has 90 valence electrons. The Morgan fingerprint density at radius 3 is 2.41 bits per heavy atom. The summed E-state index contributed by atoms with van der Waals surface area (Å²) < 4.78 is 2.06. The number of alkyl halides is 1. The molecule has 0 aliphatic carbocycles. The first-order valence-electron chi connectivity index (χ1n) is 5.04. The summed E-state index contributed by atoms with van der Waals surface area (Å²) in [6.07, 6.45) is 1.01. The maximum atomic E-state index is 4.23. The van der Waals surface area contributed by atoms with Crippen LogP contribution in [0.3, 0.4) is 0 Å². The van der Waals surface area contributed by atoms with Crippen molar-refractivity contribution in [2.75, 3.05) is 0 Å². The number of benzene rings is 1. The SMILES string of the molecule is CCC(Br)c1nnc(-c2cc(Br)cc(Br)c2)s1. The summed E-state index contributed by atoms with van der Waals surface area (Å²) in [6, 6.07) is 6.10. The van der Waals surface area contributed by atoms with Gasteiger partial charge in [0.15, 0.2) is 0 Å². The molecule has 0 radical (unpaired) electrons. The molecular formula is C11H9Br3N2S. The summed E-state index contributed by atoms with van der Waals surface area (Å²) in [5.41, 5.74) is 1.07. The van der Waals surface area contributed by atoms with Gasteiger partial charge in [-0.25, -0.2) is 0 Å². The van der Waals surface area contributed by atoms with Crippen molar-refractivity contribution in [2.45, 2.75) is 18.2 Å². The molecule has 17 heavy (non-hydrogen) atoms.